The molecule has 0 saturated heterocycles. The number of allylic oxidation sites excluding steroid dienone is 3. The van der Waals surface area contributed by atoms with Crippen molar-refractivity contribution in [2.75, 3.05) is 0 Å². The number of hydrogen-bond donors (Lipinski definition) is 3. The molecule has 0 heterocycles. The smallest absolute Gasteiger partial charge is 0.220 e. The zero-order valence-electron chi connectivity index (χ0n) is 17.8. The Hall–Kier alpha value is -2.37. The lowest BCUT2D eigenvalue weighted by atomic mass is 9.85. The van der Waals surface area contributed by atoms with E-state index in [2.05, 4.69) is 0 Å². The van der Waals surface area contributed by atoms with E-state index in [-0.39, 0.29) is 34.9 Å². The molecule has 1 aromatic rings. The Morgan fingerprint density at radius 2 is 1.66 bits per heavy atom. The van der Waals surface area contributed by atoms with Crippen molar-refractivity contribution in [3.8, 4) is 0 Å². The zero-order valence-corrected chi connectivity index (χ0v) is 17.8. The van der Waals surface area contributed by atoms with Crippen LogP contribution in [0, 0.1) is 29.4 Å². The summed E-state index contributed by atoms with van der Waals surface area (Å²) in [7, 11) is 0. The van der Waals surface area contributed by atoms with Gasteiger partial charge in [0.2, 0.25) is 5.91 Å². The molecule has 6 heteroatoms. The summed E-state index contributed by atoms with van der Waals surface area (Å²) in [5.74, 6) is -1.63. The number of primary amides is 1. The predicted molar refractivity (Wildman–Crippen MR) is 115 cm³/mol. The number of hydrogen-bond acceptors (Lipinski definition) is 3. The SMILES string of the molecule is C/C=C(/N)C(CCCC(/C=C(\N)c1c(F)cccc1F)CC)C[C@@H](CC)C(N)=O. The van der Waals surface area contributed by atoms with Crippen molar-refractivity contribution in [2.45, 2.75) is 59.3 Å². The molecule has 0 fully saturated rings. The van der Waals surface area contributed by atoms with Gasteiger partial charge in [0.15, 0.2) is 0 Å². The van der Waals surface area contributed by atoms with Crippen LogP contribution in [0.5, 0.6) is 0 Å². The van der Waals surface area contributed by atoms with Gasteiger partial charge in [0.05, 0.1) is 5.56 Å². The molecule has 0 aliphatic heterocycles. The van der Waals surface area contributed by atoms with Crippen molar-refractivity contribution in [1.29, 1.82) is 0 Å². The van der Waals surface area contributed by atoms with Gasteiger partial charge in [-0.25, -0.2) is 8.78 Å². The van der Waals surface area contributed by atoms with Crippen LogP contribution in [0.2, 0.25) is 0 Å². The Labute approximate surface area is 173 Å². The molecule has 6 N–H and O–H groups in total. The van der Waals surface area contributed by atoms with Crippen molar-refractivity contribution < 1.29 is 13.6 Å². The summed E-state index contributed by atoms with van der Waals surface area (Å²) in [6.45, 7) is 5.85. The fraction of sp³-hybridized carbons (Fsp3) is 0.522. The lowest BCUT2D eigenvalue weighted by molar-refractivity contribution is -0.122. The van der Waals surface area contributed by atoms with Crippen LogP contribution in [0.25, 0.3) is 5.70 Å². The van der Waals surface area contributed by atoms with Gasteiger partial charge in [0.1, 0.15) is 11.6 Å². The molecule has 0 spiro atoms. The molecule has 162 valence electrons. The highest BCUT2D eigenvalue weighted by atomic mass is 19.1. The Kier molecular flexibility index (Phi) is 10.4. The quantitative estimate of drug-likeness (QED) is 0.462. The normalized spacial score (nSPS) is 15.8. The van der Waals surface area contributed by atoms with E-state index in [9.17, 15) is 13.6 Å². The Morgan fingerprint density at radius 1 is 1.03 bits per heavy atom. The van der Waals surface area contributed by atoms with E-state index in [1.54, 1.807) is 6.08 Å². The minimum Gasteiger partial charge on any atom is -0.402 e. The second kappa shape index (κ2) is 12.2. The first kappa shape index (κ1) is 24.7. The first-order valence-corrected chi connectivity index (χ1v) is 10.4. The predicted octanol–water partition coefficient (Wildman–Crippen LogP) is 4.84. The molecule has 1 amide bonds. The molecule has 2 unspecified atom stereocenters. The van der Waals surface area contributed by atoms with Crippen molar-refractivity contribution in [2.24, 2.45) is 35.0 Å². The number of rotatable bonds is 12. The van der Waals surface area contributed by atoms with Gasteiger partial charge in [-0.15, -0.1) is 0 Å². The lowest BCUT2D eigenvalue weighted by Crippen LogP contribution is -2.26. The van der Waals surface area contributed by atoms with Crippen molar-refractivity contribution >= 4 is 11.6 Å². The van der Waals surface area contributed by atoms with E-state index in [1.165, 1.54) is 18.2 Å². The molecule has 0 bridgehead atoms. The Morgan fingerprint density at radius 3 is 2.14 bits per heavy atom. The first-order chi connectivity index (χ1) is 13.7. The maximum absolute atomic E-state index is 13.9. The van der Waals surface area contributed by atoms with Gasteiger partial charge in [-0.1, -0.05) is 38.5 Å². The van der Waals surface area contributed by atoms with E-state index < -0.39 is 11.6 Å². The highest BCUT2D eigenvalue weighted by Crippen LogP contribution is 2.28. The Balaban J connectivity index is 2.80. The van der Waals surface area contributed by atoms with Crippen LogP contribution in [-0.4, -0.2) is 5.91 Å². The number of benzene rings is 1. The summed E-state index contributed by atoms with van der Waals surface area (Å²) in [5, 5.41) is 0. The largest absolute Gasteiger partial charge is 0.402 e. The fourth-order valence-corrected chi connectivity index (χ4v) is 3.63. The number of carbonyl (C=O) groups is 1. The zero-order chi connectivity index (χ0) is 22.0. The summed E-state index contributed by atoms with van der Waals surface area (Å²) >= 11 is 0. The van der Waals surface area contributed by atoms with E-state index in [0.717, 1.165) is 31.4 Å². The molecule has 0 radical (unpaired) electrons. The van der Waals surface area contributed by atoms with Gasteiger partial charge in [-0.3, -0.25) is 4.79 Å². The molecular weight excluding hydrogens is 372 g/mol. The minimum absolute atomic E-state index is 0.0836. The summed E-state index contributed by atoms with van der Waals surface area (Å²) in [6.07, 6.45) is 8.23. The van der Waals surface area contributed by atoms with Crippen LogP contribution in [0.1, 0.15) is 64.9 Å². The van der Waals surface area contributed by atoms with Crippen LogP contribution < -0.4 is 17.2 Å². The van der Waals surface area contributed by atoms with Gasteiger partial charge < -0.3 is 17.2 Å². The summed E-state index contributed by atoms with van der Waals surface area (Å²) in [6, 6.07) is 3.72. The van der Waals surface area contributed by atoms with E-state index in [4.69, 9.17) is 17.2 Å². The third kappa shape index (κ3) is 7.52. The van der Waals surface area contributed by atoms with E-state index in [0.29, 0.717) is 12.8 Å². The highest BCUT2D eigenvalue weighted by Gasteiger charge is 2.21. The Bertz CT molecular complexity index is 711. The van der Waals surface area contributed by atoms with Crippen LogP contribution in [0.3, 0.4) is 0 Å². The molecule has 3 atom stereocenters. The van der Waals surface area contributed by atoms with Crippen LogP contribution in [-0.2, 0) is 4.79 Å². The van der Waals surface area contributed by atoms with E-state index in [1.807, 2.05) is 26.8 Å². The van der Waals surface area contributed by atoms with Gasteiger partial charge in [-0.2, -0.15) is 0 Å². The topological polar surface area (TPSA) is 95.1 Å². The highest BCUT2D eigenvalue weighted by molar-refractivity contribution is 5.76. The molecule has 4 nitrogen and oxygen atoms in total. The maximum Gasteiger partial charge on any atom is 0.220 e. The first-order valence-electron chi connectivity index (χ1n) is 10.4. The fourth-order valence-electron chi connectivity index (χ4n) is 3.63. The molecular formula is C23H35F2N3O. The average Bonchev–Trinajstić information content (AvgIpc) is 2.68. The summed E-state index contributed by atoms with van der Waals surface area (Å²) in [4.78, 5) is 11.6. The maximum atomic E-state index is 13.9. The molecule has 1 rings (SSSR count). The van der Waals surface area contributed by atoms with Gasteiger partial charge in [0, 0.05) is 17.3 Å². The number of carbonyl (C=O) groups excluding carboxylic acids is 1. The van der Waals surface area contributed by atoms with Gasteiger partial charge in [0.25, 0.3) is 0 Å². The average molecular weight is 408 g/mol. The second-order valence-electron chi connectivity index (χ2n) is 7.55. The standard InChI is InChI=1S/C23H35F2N3O/c1-4-15(13-21(27)22-18(24)11-8-12-19(22)25)9-7-10-17(20(26)6-3)14-16(5-2)23(28)29/h6,8,11-13,15-17H,4-5,7,9-10,14,26-27H2,1-3H3,(H2,28,29)/b20-6+,21-13-/t15?,16-,17?/m1/s1. The molecule has 1 aromatic carbocycles. The van der Waals surface area contributed by atoms with Crippen molar-refractivity contribution in [1.82, 2.24) is 0 Å². The molecule has 0 aliphatic rings. The summed E-state index contributed by atoms with van der Waals surface area (Å²) < 4.78 is 27.9. The molecule has 0 aliphatic carbocycles. The summed E-state index contributed by atoms with van der Waals surface area (Å²) in [5.41, 5.74) is 18.3. The number of nitrogens with two attached hydrogens (primary N) is 3. The van der Waals surface area contributed by atoms with Crippen LogP contribution in [0.4, 0.5) is 8.78 Å². The van der Waals surface area contributed by atoms with Gasteiger partial charge in [-0.05, 0) is 63.0 Å². The number of amides is 1. The van der Waals surface area contributed by atoms with Crippen molar-refractivity contribution in [3.63, 3.8) is 0 Å². The minimum atomic E-state index is -0.661. The monoisotopic (exact) mass is 407 g/mol. The molecule has 29 heavy (non-hydrogen) atoms. The van der Waals surface area contributed by atoms with Crippen molar-refractivity contribution in [3.05, 3.63) is 53.2 Å². The van der Waals surface area contributed by atoms with E-state index >= 15 is 0 Å². The van der Waals surface area contributed by atoms with Crippen LogP contribution >= 0.6 is 0 Å². The third-order valence-electron chi connectivity index (χ3n) is 5.59. The van der Waals surface area contributed by atoms with Gasteiger partial charge >= 0.3 is 0 Å². The second-order valence-corrected chi connectivity index (χ2v) is 7.55. The number of halogens is 2. The van der Waals surface area contributed by atoms with Crippen LogP contribution in [0.15, 0.2) is 36.0 Å². The molecule has 0 aromatic heterocycles. The molecule has 0 saturated carbocycles. The third-order valence-corrected chi connectivity index (χ3v) is 5.59. The lowest BCUT2D eigenvalue weighted by Gasteiger charge is -2.22.